The maximum Gasteiger partial charge on any atom is 0.212 e. The number of methoxy groups -OCH3 is 1. The average molecular weight is 621 g/mol. The second-order valence-electron chi connectivity index (χ2n) is 13.3. The van der Waals surface area contributed by atoms with Crippen molar-refractivity contribution in [3.63, 3.8) is 0 Å². The standard InChI is InChI=1S/C34H40N10O2/c1-45-32-3-2-24(15-39-32)19-43-26-12-27(43)21-42(20-26)31-18-37-30(17-38-31)29-13-28(22-44-33(29)25(14-35)16-40-44)46-11-10-41-8-5-34(6-9-41)4-7-36-23-34/h2-3,13,15-18,22,26-27,36H,4-12,19-21,23H2,1H3. The number of piperidine rings is 2. The van der Waals surface area contributed by atoms with Crippen LogP contribution in [0.15, 0.2) is 49.2 Å². The van der Waals surface area contributed by atoms with Gasteiger partial charge in [0.05, 0.1) is 48.7 Å². The molecule has 9 rings (SSSR count). The highest BCUT2D eigenvalue weighted by molar-refractivity contribution is 5.83. The minimum Gasteiger partial charge on any atom is -0.491 e. The van der Waals surface area contributed by atoms with E-state index < -0.39 is 0 Å². The molecular weight excluding hydrogens is 580 g/mol. The summed E-state index contributed by atoms with van der Waals surface area (Å²) >= 11 is 0. The van der Waals surface area contributed by atoms with Gasteiger partial charge in [0, 0.05) is 62.6 Å². The molecule has 0 amide bonds. The van der Waals surface area contributed by atoms with E-state index in [-0.39, 0.29) is 0 Å². The zero-order chi connectivity index (χ0) is 31.1. The van der Waals surface area contributed by atoms with E-state index in [4.69, 9.17) is 19.4 Å². The van der Waals surface area contributed by atoms with Crippen LogP contribution in [0.5, 0.6) is 11.6 Å². The zero-order valence-corrected chi connectivity index (χ0v) is 26.3. The molecule has 0 radical (unpaired) electrons. The molecule has 4 aromatic rings. The highest BCUT2D eigenvalue weighted by atomic mass is 16.5. The number of nitrogens with zero attached hydrogens (tertiary/aromatic N) is 9. The van der Waals surface area contributed by atoms with Crippen LogP contribution in [0.3, 0.4) is 0 Å². The van der Waals surface area contributed by atoms with E-state index in [2.05, 4.69) is 42.2 Å². The van der Waals surface area contributed by atoms with Gasteiger partial charge >= 0.3 is 0 Å². The number of ether oxygens (including phenoxy) is 2. The van der Waals surface area contributed by atoms with E-state index in [1.807, 2.05) is 36.9 Å². The number of nitrogens with one attached hydrogen (secondary N) is 1. The molecule has 1 spiro atoms. The Labute approximate surface area is 269 Å². The maximum atomic E-state index is 9.81. The van der Waals surface area contributed by atoms with E-state index in [9.17, 15) is 5.26 Å². The largest absolute Gasteiger partial charge is 0.491 e. The van der Waals surface area contributed by atoms with Crippen LogP contribution in [0.2, 0.25) is 0 Å². The second kappa shape index (κ2) is 12.1. The first-order chi connectivity index (χ1) is 22.6. The van der Waals surface area contributed by atoms with Crippen LogP contribution in [0.25, 0.3) is 16.8 Å². The van der Waals surface area contributed by atoms with Gasteiger partial charge in [-0.2, -0.15) is 10.4 Å². The Kier molecular flexibility index (Phi) is 7.68. The Morgan fingerprint density at radius 3 is 2.61 bits per heavy atom. The minimum atomic E-state index is 0.478. The third kappa shape index (κ3) is 5.53. The Balaban J connectivity index is 0.929. The number of anilines is 1. The number of likely N-dealkylation sites (tertiary alicyclic amines) is 1. The van der Waals surface area contributed by atoms with Crippen molar-refractivity contribution in [3.05, 3.63) is 60.3 Å². The van der Waals surface area contributed by atoms with Crippen molar-refractivity contribution in [1.82, 2.24) is 39.7 Å². The molecule has 0 aliphatic carbocycles. The van der Waals surface area contributed by atoms with Gasteiger partial charge < -0.3 is 19.7 Å². The first-order valence-corrected chi connectivity index (χ1v) is 16.4. The van der Waals surface area contributed by atoms with Gasteiger partial charge in [0.15, 0.2) is 0 Å². The lowest BCUT2D eigenvalue weighted by molar-refractivity contribution is -0.00879. The molecule has 5 saturated heterocycles. The number of aromatic nitrogens is 5. The topological polar surface area (TPSA) is 120 Å². The van der Waals surface area contributed by atoms with Gasteiger partial charge in [0.2, 0.25) is 5.88 Å². The van der Waals surface area contributed by atoms with Crippen molar-refractivity contribution >= 4 is 11.3 Å². The Morgan fingerprint density at radius 1 is 1.04 bits per heavy atom. The van der Waals surface area contributed by atoms with E-state index in [1.54, 1.807) is 17.8 Å². The number of pyridine rings is 2. The minimum absolute atomic E-state index is 0.478. The molecule has 0 aromatic carbocycles. The van der Waals surface area contributed by atoms with Crippen LogP contribution in [0, 0.1) is 16.7 Å². The zero-order valence-electron chi connectivity index (χ0n) is 26.3. The number of rotatable bonds is 9. The lowest BCUT2D eigenvalue weighted by Gasteiger charge is -2.56. The first kappa shape index (κ1) is 29.1. The van der Waals surface area contributed by atoms with Gasteiger partial charge in [-0.1, -0.05) is 6.07 Å². The van der Waals surface area contributed by atoms with E-state index >= 15 is 0 Å². The van der Waals surface area contributed by atoms with Gasteiger partial charge in [-0.3, -0.25) is 14.8 Å². The smallest absolute Gasteiger partial charge is 0.212 e. The van der Waals surface area contributed by atoms with Crippen LogP contribution < -0.4 is 19.7 Å². The summed E-state index contributed by atoms with van der Waals surface area (Å²) in [6.07, 6.45) is 14.0. The molecule has 4 aromatic heterocycles. The summed E-state index contributed by atoms with van der Waals surface area (Å²) in [5.41, 5.74) is 4.41. The van der Waals surface area contributed by atoms with Gasteiger partial charge in [-0.15, -0.1) is 0 Å². The molecule has 2 bridgehead atoms. The van der Waals surface area contributed by atoms with Crippen LogP contribution in [0.1, 0.15) is 36.8 Å². The molecule has 2 atom stereocenters. The Hall–Kier alpha value is -4.31. The molecule has 5 aliphatic heterocycles. The van der Waals surface area contributed by atoms with Gasteiger partial charge in [-0.25, -0.2) is 14.5 Å². The summed E-state index contributed by atoms with van der Waals surface area (Å²) in [4.78, 5) is 21.5. The highest BCUT2D eigenvalue weighted by Crippen LogP contribution is 2.38. The van der Waals surface area contributed by atoms with Crippen molar-refractivity contribution in [2.75, 3.05) is 64.4 Å². The van der Waals surface area contributed by atoms with Crippen molar-refractivity contribution in [1.29, 1.82) is 5.26 Å². The SMILES string of the molecule is COc1ccc(CN2C3CC2CN(c2cnc(-c4cc(OCCN5CCC6(CCNC6)CC5)cn5ncc(C#N)c45)cn2)C3)cn1. The van der Waals surface area contributed by atoms with Crippen molar-refractivity contribution in [2.45, 2.75) is 44.3 Å². The first-order valence-electron chi connectivity index (χ1n) is 16.4. The van der Waals surface area contributed by atoms with Gasteiger partial charge in [0.25, 0.3) is 0 Å². The second-order valence-corrected chi connectivity index (χ2v) is 13.3. The summed E-state index contributed by atoms with van der Waals surface area (Å²) < 4.78 is 13.2. The summed E-state index contributed by atoms with van der Waals surface area (Å²) in [5.74, 6) is 2.22. The van der Waals surface area contributed by atoms with Gasteiger partial charge in [-0.05, 0) is 62.4 Å². The fraction of sp³-hybridized carbons (Fsp3) is 0.500. The lowest BCUT2D eigenvalue weighted by Crippen LogP contribution is -2.68. The number of fused-ring (bicyclic) bond motifs is 3. The number of hydrogen-bond acceptors (Lipinski definition) is 11. The molecule has 12 nitrogen and oxygen atoms in total. The van der Waals surface area contributed by atoms with Crippen LogP contribution in [-0.4, -0.2) is 106 Å². The predicted molar refractivity (Wildman–Crippen MR) is 173 cm³/mol. The third-order valence-electron chi connectivity index (χ3n) is 10.6. The van der Waals surface area contributed by atoms with Crippen LogP contribution in [0.4, 0.5) is 5.82 Å². The molecule has 46 heavy (non-hydrogen) atoms. The number of hydrogen-bond donors (Lipinski definition) is 1. The molecule has 5 fully saturated rings. The summed E-state index contributed by atoms with van der Waals surface area (Å²) in [7, 11) is 1.64. The Morgan fingerprint density at radius 2 is 1.91 bits per heavy atom. The van der Waals surface area contributed by atoms with Crippen LogP contribution in [-0.2, 0) is 6.54 Å². The van der Waals surface area contributed by atoms with Gasteiger partial charge in [0.1, 0.15) is 24.2 Å². The summed E-state index contributed by atoms with van der Waals surface area (Å²) in [5, 5.41) is 17.8. The molecule has 2 unspecified atom stereocenters. The third-order valence-corrected chi connectivity index (χ3v) is 10.6. The van der Waals surface area contributed by atoms with Crippen molar-refractivity contribution < 1.29 is 9.47 Å². The van der Waals surface area contributed by atoms with Crippen LogP contribution >= 0.6 is 0 Å². The number of nitriles is 1. The quantitative estimate of drug-likeness (QED) is 0.297. The Bertz CT molecular complexity index is 1710. The van der Waals surface area contributed by atoms with E-state index in [0.29, 0.717) is 52.5 Å². The molecule has 5 aliphatic rings. The van der Waals surface area contributed by atoms with E-state index in [1.165, 1.54) is 37.8 Å². The lowest BCUT2D eigenvalue weighted by atomic mass is 9.78. The molecule has 1 N–H and O–H groups in total. The fourth-order valence-electron chi connectivity index (χ4n) is 7.81. The molecule has 12 heteroatoms. The highest BCUT2D eigenvalue weighted by Gasteiger charge is 2.44. The maximum absolute atomic E-state index is 9.81. The van der Waals surface area contributed by atoms with Crippen molar-refractivity contribution in [2.24, 2.45) is 5.41 Å². The number of piperazine rings is 1. The molecule has 0 saturated carbocycles. The van der Waals surface area contributed by atoms with E-state index in [0.717, 1.165) is 57.2 Å². The molecule has 9 heterocycles. The predicted octanol–water partition coefficient (Wildman–Crippen LogP) is 2.98. The van der Waals surface area contributed by atoms with Crippen molar-refractivity contribution in [3.8, 4) is 29.0 Å². The summed E-state index contributed by atoms with van der Waals surface area (Å²) in [6, 6.07) is 9.22. The normalized spacial score (nSPS) is 22.6. The average Bonchev–Trinajstić information content (AvgIpc) is 3.75. The summed E-state index contributed by atoms with van der Waals surface area (Å²) in [6.45, 7) is 8.77. The molecular formula is C34H40N10O2. The fourth-order valence-corrected chi connectivity index (χ4v) is 7.81. The molecule has 238 valence electrons. The monoisotopic (exact) mass is 620 g/mol.